The molecule has 0 bridgehead atoms. The Hall–Kier alpha value is -1.85. The summed E-state index contributed by atoms with van der Waals surface area (Å²) in [4.78, 5) is 22.7. The number of fused-ring (bicyclic) bond motifs is 1. The van der Waals surface area contributed by atoms with Crippen LogP contribution < -0.4 is 9.64 Å². The Morgan fingerprint density at radius 2 is 1.82 bits per heavy atom. The fraction of sp³-hybridized carbons (Fsp3) is 0.364. The average Bonchev–Trinajstić information content (AvgIpc) is 3.20. The van der Waals surface area contributed by atoms with E-state index in [0.717, 1.165) is 15.1 Å². The number of hydrogen-bond acceptors (Lipinski definition) is 8. The fourth-order valence-electron chi connectivity index (χ4n) is 3.02. The number of anilines is 1. The summed E-state index contributed by atoms with van der Waals surface area (Å²) >= 11 is 3.10. The minimum Gasteiger partial charge on any atom is -0.497 e. The quantitative estimate of drug-likeness (QED) is 0.364. The number of benzene rings is 2. The number of amides is 1. The Kier molecular flexibility index (Phi) is 9.99. The van der Waals surface area contributed by atoms with Crippen LogP contribution in [0.25, 0.3) is 10.2 Å². The second kappa shape index (κ2) is 12.0. The van der Waals surface area contributed by atoms with Gasteiger partial charge in [-0.1, -0.05) is 11.3 Å². The molecule has 1 heterocycles. The average molecular weight is 530 g/mol. The largest absolute Gasteiger partial charge is 0.497 e. The second-order valence-electron chi connectivity index (χ2n) is 7.42. The van der Waals surface area contributed by atoms with Crippen molar-refractivity contribution in [2.45, 2.75) is 16.2 Å². The van der Waals surface area contributed by atoms with Crippen LogP contribution in [0.3, 0.4) is 0 Å². The maximum atomic E-state index is 13.1. The minimum atomic E-state index is -3.59. The zero-order valence-corrected chi connectivity index (χ0v) is 22.2. The van der Waals surface area contributed by atoms with Crippen molar-refractivity contribution >= 4 is 66.6 Å². The zero-order chi connectivity index (χ0) is 23.3. The van der Waals surface area contributed by atoms with Gasteiger partial charge in [0.2, 0.25) is 5.91 Å². The number of thiazole rings is 1. The molecular formula is C22H28ClN3O4S3. The number of sulfone groups is 1. The van der Waals surface area contributed by atoms with Crippen molar-refractivity contribution < 1.29 is 17.9 Å². The number of carbonyl (C=O) groups is 1. The molecule has 0 fully saturated rings. The molecule has 0 N–H and O–H groups in total. The molecule has 3 rings (SSSR count). The van der Waals surface area contributed by atoms with Crippen molar-refractivity contribution in [3.63, 3.8) is 0 Å². The van der Waals surface area contributed by atoms with Gasteiger partial charge in [-0.05, 0) is 62.8 Å². The van der Waals surface area contributed by atoms with Crippen LogP contribution >= 0.6 is 35.5 Å². The number of likely N-dealkylation sites (N-methyl/N-ethyl adjacent to an activating group) is 1. The van der Waals surface area contributed by atoms with Crippen LogP contribution in [0.2, 0.25) is 0 Å². The van der Waals surface area contributed by atoms with E-state index in [9.17, 15) is 13.2 Å². The molecule has 0 saturated carbocycles. The third-order valence-electron chi connectivity index (χ3n) is 4.89. The lowest BCUT2D eigenvalue weighted by Crippen LogP contribution is -2.37. The van der Waals surface area contributed by atoms with Crippen molar-refractivity contribution in [1.82, 2.24) is 9.88 Å². The molecule has 1 amide bonds. The first-order valence-corrected chi connectivity index (χ1v) is 13.7. The molecule has 7 nitrogen and oxygen atoms in total. The van der Waals surface area contributed by atoms with Gasteiger partial charge >= 0.3 is 0 Å². The highest BCUT2D eigenvalue weighted by molar-refractivity contribution is 7.98. The number of carbonyl (C=O) groups excluding carboxylic acids is 1. The first-order chi connectivity index (χ1) is 15.2. The number of hydrogen-bond donors (Lipinski definition) is 0. The molecule has 0 atom stereocenters. The summed E-state index contributed by atoms with van der Waals surface area (Å²) in [7, 11) is 1.79. The first kappa shape index (κ1) is 27.4. The normalized spacial score (nSPS) is 11.4. The highest BCUT2D eigenvalue weighted by Gasteiger charge is 2.23. The summed E-state index contributed by atoms with van der Waals surface area (Å²) in [6.45, 7) is 1.08. The molecule has 33 heavy (non-hydrogen) atoms. The van der Waals surface area contributed by atoms with E-state index in [-0.39, 0.29) is 35.4 Å². The third kappa shape index (κ3) is 7.07. The van der Waals surface area contributed by atoms with Gasteiger partial charge in [0.1, 0.15) is 5.75 Å². The number of nitrogens with zero attached hydrogens (tertiary/aromatic N) is 3. The van der Waals surface area contributed by atoms with Gasteiger partial charge < -0.3 is 9.64 Å². The van der Waals surface area contributed by atoms with E-state index in [1.54, 1.807) is 28.8 Å². The summed E-state index contributed by atoms with van der Waals surface area (Å²) in [5.74, 6) is 0.0569. The molecule has 0 saturated heterocycles. The monoisotopic (exact) mass is 529 g/mol. The van der Waals surface area contributed by atoms with Crippen molar-refractivity contribution in [2.24, 2.45) is 0 Å². The van der Waals surface area contributed by atoms with E-state index >= 15 is 0 Å². The van der Waals surface area contributed by atoms with Crippen molar-refractivity contribution in [1.29, 1.82) is 0 Å². The Labute approximate surface area is 209 Å². The highest BCUT2D eigenvalue weighted by Crippen LogP contribution is 2.32. The maximum absolute atomic E-state index is 13.1. The molecule has 0 aliphatic carbocycles. The van der Waals surface area contributed by atoms with Crippen molar-refractivity contribution in [3.8, 4) is 5.75 Å². The number of ether oxygens (including phenoxy) is 1. The lowest BCUT2D eigenvalue weighted by molar-refractivity contribution is -0.118. The van der Waals surface area contributed by atoms with Crippen LogP contribution in [-0.4, -0.2) is 70.5 Å². The van der Waals surface area contributed by atoms with Gasteiger partial charge in [0.25, 0.3) is 0 Å². The van der Waals surface area contributed by atoms with Gasteiger partial charge in [0.15, 0.2) is 15.0 Å². The van der Waals surface area contributed by atoms with E-state index in [2.05, 4.69) is 11.1 Å². The molecular weight excluding hydrogens is 502 g/mol. The molecule has 180 valence electrons. The standard InChI is InChI=1S/C22H27N3O4S3.ClH/c1-24(2)12-13-25(22-23-19-10-7-17(30-4)15-20(19)31-22)21(26)11-14-32(27,28)18-8-5-16(29-3)6-9-18;/h5-10,15H,11-14H2,1-4H3;1H. The summed E-state index contributed by atoms with van der Waals surface area (Å²) in [5.41, 5.74) is 0.830. The van der Waals surface area contributed by atoms with E-state index in [1.165, 1.54) is 30.6 Å². The van der Waals surface area contributed by atoms with Gasteiger partial charge in [-0.2, -0.15) is 0 Å². The molecule has 3 aromatic rings. The smallest absolute Gasteiger partial charge is 0.229 e. The lowest BCUT2D eigenvalue weighted by atomic mass is 10.3. The summed E-state index contributed by atoms with van der Waals surface area (Å²) in [5, 5.41) is 0.590. The van der Waals surface area contributed by atoms with Crippen LogP contribution in [0.15, 0.2) is 52.3 Å². The van der Waals surface area contributed by atoms with Gasteiger partial charge in [-0.25, -0.2) is 13.4 Å². The molecule has 1 aromatic heterocycles. The van der Waals surface area contributed by atoms with Crippen LogP contribution in [0.5, 0.6) is 5.75 Å². The molecule has 0 unspecified atom stereocenters. The zero-order valence-electron chi connectivity index (χ0n) is 19.0. The van der Waals surface area contributed by atoms with Crippen molar-refractivity contribution in [2.75, 3.05) is 51.2 Å². The molecule has 11 heteroatoms. The predicted molar refractivity (Wildman–Crippen MR) is 139 cm³/mol. The van der Waals surface area contributed by atoms with Gasteiger partial charge in [-0.3, -0.25) is 9.69 Å². The topological polar surface area (TPSA) is 79.8 Å². The Balaban J connectivity index is 0.00000385. The summed E-state index contributed by atoms with van der Waals surface area (Å²) in [6.07, 6.45) is 1.90. The van der Waals surface area contributed by atoms with E-state index in [0.29, 0.717) is 24.0 Å². The first-order valence-electron chi connectivity index (χ1n) is 10.00. The van der Waals surface area contributed by atoms with E-state index < -0.39 is 9.84 Å². The summed E-state index contributed by atoms with van der Waals surface area (Å²) < 4.78 is 31.6. The van der Waals surface area contributed by atoms with Crippen LogP contribution in [-0.2, 0) is 14.6 Å². The van der Waals surface area contributed by atoms with E-state index in [4.69, 9.17) is 4.74 Å². The minimum absolute atomic E-state index is 0. The highest BCUT2D eigenvalue weighted by atomic mass is 35.5. The molecule has 0 aliphatic heterocycles. The number of thioether (sulfide) groups is 1. The van der Waals surface area contributed by atoms with Gasteiger partial charge in [0, 0.05) is 24.4 Å². The fourth-order valence-corrected chi connectivity index (χ4v) is 5.81. The molecule has 0 aliphatic rings. The SMILES string of the molecule is COc1ccc(S(=O)(=O)CCC(=O)N(CCN(C)C)c2nc3ccc(SC)cc3s2)cc1.Cl. The van der Waals surface area contributed by atoms with Crippen LogP contribution in [0, 0.1) is 0 Å². The molecule has 0 radical (unpaired) electrons. The number of methoxy groups -OCH3 is 1. The molecule has 0 spiro atoms. The van der Waals surface area contributed by atoms with Crippen molar-refractivity contribution in [3.05, 3.63) is 42.5 Å². The number of rotatable bonds is 10. The predicted octanol–water partition coefficient (Wildman–Crippen LogP) is 4.21. The Bertz CT molecular complexity index is 1180. The lowest BCUT2D eigenvalue weighted by Gasteiger charge is -2.22. The van der Waals surface area contributed by atoms with Crippen LogP contribution in [0.1, 0.15) is 6.42 Å². The van der Waals surface area contributed by atoms with Gasteiger partial charge in [0.05, 0.1) is 28.0 Å². The molecule has 2 aromatic carbocycles. The Morgan fingerprint density at radius 3 is 2.42 bits per heavy atom. The second-order valence-corrected chi connectivity index (χ2v) is 11.4. The van der Waals surface area contributed by atoms with Gasteiger partial charge in [-0.15, -0.1) is 24.2 Å². The third-order valence-corrected chi connectivity index (χ3v) is 8.39. The maximum Gasteiger partial charge on any atom is 0.229 e. The number of aromatic nitrogens is 1. The van der Waals surface area contributed by atoms with E-state index in [1.807, 2.05) is 37.4 Å². The summed E-state index contributed by atoms with van der Waals surface area (Å²) in [6, 6.07) is 12.2. The Morgan fingerprint density at radius 1 is 1.12 bits per heavy atom. The van der Waals surface area contributed by atoms with Crippen LogP contribution in [0.4, 0.5) is 5.13 Å². The number of halogens is 1.